The molecule has 1 aromatic carbocycles. The zero-order valence-corrected chi connectivity index (χ0v) is 18.1. The maximum atomic E-state index is 12.5. The van der Waals surface area contributed by atoms with Gasteiger partial charge in [0.2, 0.25) is 5.91 Å². The number of fused-ring (bicyclic) bond motifs is 3. The fraction of sp³-hybridized carbons (Fsp3) is 0.440. The van der Waals surface area contributed by atoms with Gasteiger partial charge in [0.1, 0.15) is 5.65 Å². The summed E-state index contributed by atoms with van der Waals surface area (Å²) in [5.41, 5.74) is 8.61. The third kappa shape index (κ3) is 3.00. The van der Waals surface area contributed by atoms with Crippen molar-refractivity contribution in [2.45, 2.75) is 56.7 Å². The molecule has 1 aliphatic carbocycles. The van der Waals surface area contributed by atoms with Gasteiger partial charge in [-0.2, -0.15) is 0 Å². The third-order valence-corrected chi connectivity index (χ3v) is 7.48. The number of rotatable bonds is 3. The first-order valence-electron chi connectivity index (χ1n) is 11.4. The number of amides is 1. The summed E-state index contributed by atoms with van der Waals surface area (Å²) in [6.45, 7) is 3.18. The van der Waals surface area contributed by atoms with E-state index in [1.54, 1.807) is 7.05 Å². The van der Waals surface area contributed by atoms with Gasteiger partial charge in [0.15, 0.2) is 0 Å². The van der Waals surface area contributed by atoms with Crippen LogP contribution in [0.4, 0.5) is 0 Å². The van der Waals surface area contributed by atoms with E-state index in [-0.39, 0.29) is 17.5 Å². The van der Waals surface area contributed by atoms with Crippen molar-refractivity contribution in [2.24, 2.45) is 0 Å². The molecule has 0 radical (unpaired) electrons. The fourth-order valence-corrected chi connectivity index (χ4v) is 5.61. The normalized spacial score (nSPS) is 23.8. The summed E-state index contributed by atoms with van der Waals surface area (Å²) in [5.74, 6) is 0.0870. The second kappa shape index (κ2) is 6.90. The molecule has 1 saturated carbocycles. The number of nitrogens with zero attached hydrogens (tertiary/aromatic N) is 1. The molecule has 2 atom stereocenters. The minimum atomic E-state index is -0.161. The van der Waals surface area contributed by atoms with Crippen LogP contribution in [0.15, 0.2) is 30.6 Å². The second-order valence-electron chi connectivity index (χ2n) is 9.43. The van der Waals surface area contributed by atoms with Crippen molar-refractivity contribution in [3.8, 4) is 11.1 Å². The van der Waals surface area contributed by atoms with E-state index in [4.69, 9.17) is 0 Å². The largest absolute Gasteiger partial charge is 0.358 e. The van der Waals surface area contributed by atoms with Crippen LogP contribution >= 0.6 is 0 Å². The molecule has 2 aromatic heterocycles. The lowest BCUT2D eigenvalue weighted by molar-refractivity contribution is -0.123. The number of carbonyl (C=O) groups is 1. The highest BCUT2D eigenvalue weighted by Gasteiger charge is 2.51. The molecule has 6 heteroatoms. The van der Waals surface area contributed by atoms with Crippen molar-refractivity contribution < 1.29 is 4.79 Å². The Bertz CT molecular complexity index is 1190. The molecule has 4 heterocycles. The van der Waals surface area contributed by atoms with Gasteiger partial charge < -0.3 is 15.6 Å². The summed E-state index contributed by atoms with van der Waals surface area (Å²) < 4.78 is 0. The Hall–Kier alpha value is -2.70. The van der Waals surface area contributed by atoms with Crippen LogP contribution < -0.4 is 16.0 Å². The molecule has 1 spiro atoms. The zero-order valence-electron chi connectivity index (χ0n) is 18.1. The summed E-state index contributed by atoms with van der Waals surface area (Å²) in [6, 6.07) is 7.17. The van der Waals surface area contributed by atoms with Crippen LogP contribution in [0.1, 0.15) is 54.0 Å². The van der Waals surface area contributed by atoms with Gasteiger partial charge in [-0.05, 0) is 91.6 Å². The summed E-state index contributed by atoms with van der Waals surface area (Å²) in [6.07, 6.45) is 9.26. The van der Waals surface area contributed by atoms with E-state index in [1.807, 2.05) is 12.4 Å². The van der Waals surface area contributed by atoms with Crippen molar-refractivity contribution in [2.75, 3.05) is 13.6 Å². The lowest BCUT2D eigenvalue weighted by Crippen LogP contribution is -2.52. The maximum absolute atomic E-state index is 12.5. The molecular formula is C25H29N5O. The summed E-state index contributed by atoms with van der Waals surface area (Å²) in [4.78, 5) is 20.5. The van der Waals surface area contributed by atoms with E-state index in [0.29, 0.717) is 6.04 Å². The second-order valence-corrected chi connectivity index (χ2v) is 9.43. The number of nitrogens with one attached hydrogen (secondary N) is 4. The molecule has 3 aromatic rings. The van der Waals surface area contributed by atoms with Crippen LogP contribution in [0.5, 0.6) is 0 Å². The maximum Gasteiger partial charge on any atom is 0.237 e. The van der Waals surface area contributed by atoms with Gasteiger partial charge >= 0.3 is 0 Å². The lowest BCUT2D eigenvalue weighted by Gasteiger charge is -2.35. The van der Waals surface area contributed by atoms with Crippen molar-refractivity contribution >= 4 is 16.9 Å². The SMILES string of the molecule is CNC(=O)C1Cc2c(C3CCCN3)cc(-c3cnc4[nH]cc(C)c4c3)cc2C2(CC2)N1. The molecule has 2 unspecified atom stereocenters. The molecular weight excluding hydrogens is 386 g/mol. The smallest absolute Gasteiger partial charge is 0.237 e. The molecule has 0 bridgehead atoms. The van der Waals surface area contributed by atoms with E-state index >= 15 is 0 Å². The Balaban J connectivity index is 1.52. The Labute approximate surface area is 182 Å². The zero-order chi connectivity index (χ0) is 21.2. The summed E-state index contributed by atoms with van der Waals surface area (Å²) >= 11 is 0. The summed E-state index contributed by atoms with van der Waals surface area (Å²) in [5, 5.41) is 11.4. The molecule has 4 N–H and O–H groups in total. The number of benzene rings is 1. The van der Waals surface area contributed by atoms with Crippen LogP contribution in [0.2, 0.25) is 0 Å². The molecule has 1 amide bonds. The Morgan fingerprint density at radius 3 is 2.84 bits per heavy atom. The Morgan fingerprint density at radius 2 is 2.10 bits per heavy atom. The number of likely N-dealkylation sites (N-methyl/N-ethyl adjacent to an activating group) is 1. The van der Waals surface area contributed by atoms with Gasteiger partial charge in [-0.3, -0.25) is 10.1 Å². The lowest BCUT2D eigenvalue weighted by atomic mass is 9.80. The molecule has 3 aliphatic rings. The van der Waals surface area contributed by atoms with E-state index in [0.717, 1.165) is 43.4 Å². The van der Waals surface area contributed by atoms with Crippen LogP contribution in [0.3, 0.4) is 0 Å². The highest BCUT2D eigenvalue weighted by Crippen LogP contribution is 2.52. The minimum absolute atomic E-state index is 0.0599. The predicted molar refractivity (Wildman–Crippen MR) is 122 cm³/mol. The van der Waals surface area contributed by atoms with E-state index in [2.05, 4.69) is 51.0 Å². The molecule has 1 saturated heterocycles. The van der Waals surface area contributed by atoms with Crippen LogP contribution in [0, 0.1) is 6.92 Å². The van der Waals surface area contributed by atoms with Crippen LogP contribution in [-0.4, -0.2) is 35.5 Å². The van der Waals surface area contributed by atoms with Crippen LogP contribution in [-0.2, 0) is 16.8 Å². The summed E-state index contributed by atoms with van der Waals surface area (Å²) in [7, 11) is 1.73. The molecule has 2 fully saturated rings. The quantitative estimate of drug-likeness (QED) is 0.530. The number of carbonyl (C=O) groups excluding carboxylic acids is 1. The first-order chi connectivity index (χ1) is 15.1. The molecule has 6 nitrogen and oxygen atoms in total. The fourth-order valence-electron chi connectivity index (χ4n) is 5.61. The van der Waals surface area contributed by atoms with Gasteiger partial charge in [0.25, 0.3) is 0 Å². The van der Waals surface area contributed by atoms with E-state index in [1.165, 1.54) is 39.6 Å². The number of hydrogen-bond acceptors (Lipinski definition) is 4. The Kier molecular flexibility index (Phi) is 4.24. The van der Waals surface area contributed by atoms with Crippen molar-refractivity contribution in [1.82, 2.24) is 25.9 Å². The first kappa shape index (κ1) is 19.0. The number of aromatic nitrogens is 2. The number of H-pyrrole nitrogens is 1. The number of hydrogen-bond donors (Lipinski definition) is 4. The van der Waals surface area contributed by atoms with Gasteiger partial charge in [-0.15, -0.1) is 0 Å². The highest BCUT2D eigenvalue weighted by atomic mass is 16.2. The van der Waals surface area contributed by atoms with Crippen molar-refractivity contribution in [3.63, 3.8) is 0 Å². The van der Waals surface area contributed by atoms with Gasteiger partial charge in [0, 0.05) is 42.0 Å². The average molecular weight is 416 g/mol. The first-order valence-corrected chi connectivity index (χ1v) is 11.4. The van der Waals surface area contributed by atoms with Crippen molar-refractivity contribution in [3.05, 3.63) is 52.8 Å². The van der Waals surface area contributed by atoms with E-state index < -0.39 is 0 Å². The van der Waals surface area contributed by atoms with Crippen molar-refractivity contribution in [1.29, 1.82) is 0 Å². The Morgan fingerprint density at radius 1 is 1.23 bits per heavy atom. The average Bonchev–Trinajstić information content (AvgIpc) is 3.19. The topological polar surface area (TPSA) is 81.8 Å². The van der Waals surface area contributed by atoms with Gasteiger partial charge in [-0.25, -0.2) is 4.98 Å². The van der Waals surface area contributed by atoms with E-state index in [9.17, 15) is 4.79 Å². The number of aryl methyl sites for hydroxylation is 1. The molecule has 2 aliphatic heterocycles. The molecule has 31 heavy (non-hydrogen) atoms. The standard InChI is InChI=1S/C25H29N5O/c1-14-12-28-23-17(14)9-16(13-29-23)15-8-19(21-4-3-7-27-21)18-11-22(24(31)26-2)30-25(5-6-25)20(18)10-15/h8-10,12-13,21-22,27,30H,3-7,11H2,1-2H3,(H,26,31)(H,28,29). The number of aromatic amines is 1. The predicted octanol–water partition coefficient (Wildman–Crippen LogP) is 3.21. The van der Waals surface area contributed by atoms with Gasteiger partial charge in [0.05, 0.1) is 6.04 Å². The monoisotopic (exact) mass is 415 g/mol. The molecule has 160 valence electrons. The number of pyridine rings is 1. The molecule has 6 rings (SSSR count). The minimum Gasteiger partial charge on any atom is -0.358 e. The third-order valence-electron chi connectivity index (χ3n) is 7.48. The van der Waals surface area contributed by atoms with Crippen LogP contribution in [0.25, 0.3) is 22.2 Å². The van der Waals surface area contributed by atoms with Gasteiger partial charge in [-0.1, -0.05) is 0 Å². The highest BCUT2D eigenvalue weighted by molar-refractivity contribution is 5.85.